The standard InChI is InChI=1S/C18H25N5O/c1-12-11-13(2)23-18(19-12)20-16(21-23)17(24)22-10-6-9-15(22)14-7-4-3-5-8-14/h11,14-15H,3-10H2,1-2H3. The van der Waals surface area contributed by atoms with Gasteiger partial charge in [-0.1, -0.05) is 19.3 Å². The summed E-state index contributed by atoms with van der Waals surface area (Å²) in [6, 6.07) is 2.33. The fourth-order valence-electron chi connectivity index (χ4n) is 4.44. The minimum absolute atomic E-state index is 0.0226. The highest BCUT2D eigenvalue weighted by molar-refractivity contribution is 5.91. The molecule has 2 aliphatic rings. The molecule has 0 radical (unpaired) electrons. The van der Waals surface area contributed by atoms with E-state index in [1.807, 2.05) is 24.8 Å². The van der Waals surface area contributed by atoms with E-state index in [-0.39, 0.29) is 5.91 Å². The Hall–Kier alpha value is -1.98. The summed E-state index contributed by atoms with van der Waals surface area (Å²) in [5.41, 5.74) is 1.85. The van der Waals surface area contributed by atoms with Crippen LogP contribution in [0.1, 0.15) is 67.0 Å². The van der Waals surface area contributed by atoms with Crippen molar-refractivity contribution >= 4 is 11.7 Å². The van der Waals surface area contributed by atoms with Gasteiger partial charge >= 0.3 is 0 Å². The van der Waals surface area contributed by atoms with Crippen LogP contribution in [0.3, 0.4) is 0 Å². The molecule has 0 spiro atoms. The molecular formula is C18H25N5O. The molecule has 2 aromatic rings. The van der Waals surface area contributed by atoms with Crippen molar-refractivity contribution in [3.63, 3.8) is 0 Å². The fraction of sp³-hybridized carbons (Fsp3) is 0.667. The predicted molar refractivity (Wildman–Crippen MR) is 90.9 cm³/mol. The maximum absolute atomic E-state index is 13.0. The number of amides is 1. The molecule has 2 fully saturated rings. The number of rotatable bonds is 2. The van der Waals surface area contributed by atoms with Gasteiger partial charge in [0.2, 0.25) is 5.82 Å². The van der Waals surface area contributed by atoms with E-state index in [4.69, 9.17) is 0 Å². The zero-order chi connectivity index (χ0) is 16.7. The Morgan fingerprint density at radius 1 is 1.08 bits per heavy atom. The number of aryl methyl sites for hydroxylation is 2. The Balaban J connectivity index is 1.61. The van der Waals surface area contributed by atoms with Crippen LogP contribution < -0.4 is 0 Å². The van der Waals surface area contributed by atoms with Crippen LogP contribution in [0.4, 0.5) is 0 Å². The normalized spacial score (nSPS) is 22.4. The lowest BCUT2D eigenvalue weighted by Crippen LogP contribution is -2.41. The highest BCUT2D eigenvalue weighted by Gasteiger charge is 2.36. The summed E-state index contributed by atoms with van der Waals surface area (Å²) >= 11 is 0. The van der Waals surface area contributed by atoms with Crippen LogP contribution in [0.5, 0.6) is 0 Å². The molecule has 128 valence electrons. The van der Waals surface area contributed by atoms with Crippen molar-refractivity contribution in [1.29, 1.82) is 0 Å². The smallest absolute Gasteiger partial charge is 0.293 e. The van der Waals surface area contributed by atoms with Gasteiger partial charge < -0.3 is 4.90 Å². The van der Waals surface area contributed by atoms with E-state index in [0.29, 0.717) is 23.6 Å². The molecule has 1 unspecified atom stereocenters. The number of likely N-dealkylation sites (tertiary alicyclic amines) is 1. The lowest BCUT2D eigenvalue weighted by Gasteiger charge is -2.33. The van der Waals surface area contributed by atoms with Crippen molar-refractivity contribution in [2.45, 2.75) is 64.8 Å². The molecule has 1 atom stereocenters. The number of aromatic nitrogens is 4. The van der Waals surface area contributed by atoms with Gasteiger partial charge in [0, 0.05) is 24.0 Å². The van der Waals surface area contributed by atoms with Gasteiger partial charge in [-0.3, -0.25) is 4.79 Å². The minimum Gasteiger partial charge on any atom is -0.333 e. The van der Waals surface area contributed by atoms with E-state index in [9.17, 15) is 4.79 Å². The average Bonchev–Trinajstić information content (AvgIpc) is 3.22. The Bertz CT molecular complexity index is 762. The Kier molecular flexibility index (Phi) is 3.98. The molecule has 1 amide bonds. The molecule has 1 saturated heterocycles. The topological polar surface area (TPSA) is 63.4 Å². The van der Waals surface area contributed by atoms with Crippen molar-refractivity contribution in [3.05, 3.63) is 23.3 Å². The highest BCUT2D eigenvalue weighted by Crippen LogP contribution is 2.34. The molecule has 1 saturated carbocycles. The van der Waals surface area contributed by atoms with E-state index < -0.39 is 0 Å². The minimum atomic E-state index is -0.0226. The third-order valence-electron chi connectivity index (χ3n) is 5.56. The van der Waals surface area contributed by atoms with Gasteiger partial charge in [-0.25, -0.2) is 9.50 Å². The number of carbonyl (C=O) groups is 1. The molecule has 4 rings (SSSR count). The Morgan fingerprint density at radius 2 is 1.88 bits per heavy atom. The quantitative estimate of drug-likeness (QED) is 0.851. The van der Waals surface area contributed by atoms with Gasteiger partial charge in [0.15, 0.2) is 0 Å². The molecule has 1 aliphatic carbocycles. The van der Waals surface area contributed by atoms with Crippen LogP contribution in [0.15, 0.2) is 6.07 Å². The van der Waals surface area contributed by atoms with Crippen molar-refractivity contribution < 1.29 is 4.79 Å². The lowest BCUT2D eigenvalue weighted by molar-refractivity contribution is 0.0649. The summed E-state index contributed by atoms with van der Waals surface area (Å²) in [5, 5.41) is 4.43. The zero-order valence-electron chi connectivity index (χ0n) is 14.5. The number of hydrogen-bond donors (Lipinski definition) is 0. The molecule has 1 aliphatic heterocycles. The first-order valence-electron chi connectivity index (χ1n) is 9.15. The average molecular weight is 327 g/mol. The molecule has 24 heavy (non-hydrogen) atoms. The third-order valence-corrected chi connectivity index (χ3v) is 5.56. The van der Waals surface area contributed by atoms with Crippen LogP contribution in [-0.4, -0.2) is 43.0 Å². The maximum atomic E-state index is 13.0. The summed E-state index contributed by atoms with van der Waals surface area (Å²) in [4.78, 5) is 23.9. The molecule has 3 heterocycles. The van der Waals surface area contributed by atoms with Crippen LogP contribution in [-0.2, 0) is 0 Å². The summed E-state index contributed by atoms with van der Waals surface area (Å²) in [7, 11) is 0. The van der Waals surface area contributed by atoms with E-state index in [1.54, 1.807) is 4.52 Å². The van der Waals surface area contributed by atoms with Gasteiger partial charge in [-0.05, 0) is 51.5 Å². The first kappa shape index (κ1) is 15.5. The van der Waals surface area contributed by atoms with Crippen LogP contribution in [0, 0.1) is 19.8 Å². The Morgan fingerprint density at radius 3 is 2.67 bits per heavy atom. The van der Waals surface area contributed by atoms with E-state index in [0.717, 1.165) is 30.8 Å². The summed E-state index contributed by atoms with van der Waals surface area (Å²) < 4.78 is 1.67. The molecule has 0 N–H and O–H groups in total. The number of hydrogen-bond acceptors (Lipinski definition) is 4. The van der Waals surface area contributed by atoms with E-state index in [1.165, 1.54) is 32.1 Å². The van der Waals surface area contributed by atoms with Crippen LogP contribution in [0.25, 0.3) is 5.78 Å². The van der Waals surface area contributed by atoms with Gasteiger partial charge in [-0.2, -0.15) is 4.98 Å². The van der Waals surface area contributed by atoms with Gasteiger partial charge in [0.1, 0.15) is 0 Å². The van der Waals surface area contributed by atoms with Crippen molar-refractivity contribution in [2.75, 3.05) is 6.54 Å². The second kappa shape index (κ2) is 6.15. The number of nitrogens with zero attached hydrogens (tertiary/aromatic N) is 5. The maximum Gasteiger partial charge on any atom is 0.293 e. The SMILES string of the molecule is Cc1cc(C)n2nc(C(=O)N3CCCC3C3CCCCC3)nc2n1. The molecule has 0 aromatic carbocycles. The monoisotopic (exact) mass is 327 g/mol. The van der Waals surface area contributed by atoms with E-state index in [2.05, 4.69) is 15.1 Å². The highest BCUT2D eigenvalue weighted by atomic mass is 16.2. The van der Waals surface area contributed by atoms with Crippen molar-refractivity contribution in [3.8, 4) is 0 Å². The fourth-order valence-corrected chi connectivity index (χ4v) is 4.44. The second-order valence-electron chi connectivity index (χ2n) is 7.29. The predicted octanol–water partition coefficient (Wildman–Crippen LogP) is 2.93. The molecular weight excluding hydrogens is 302 g/mol. The molecule has 6 nitrogen and oxygen atoms in total. The number of fused-ring (bicyclic) bond motifs is 1. The second-order valence-corrected chi connectivity index (χ2v) is 7.29. The summed E-state index contributed by atoms with van der Waals surface area (Å²) in [5.74, 6) is 1.44. The lowest BCUT2D eigenvalue weighted by atomic mass is 9.83. The van der Waals surface area contributed by atoms with Gasteiger partial charge in [-0.15, -0.1) is 5.10 Å². The van der Waals surface area contributed by atoms with Crippen molar-refractivity contribution in [1.82, 2.24) is 24.5 Å². The Labute approximate surface area is 142 Å². The van der Waals surface area contributed by atoms with Crippen molar-refractivity contribution in [2.24, 2.45) is 5.92 Å². The summed E-state index contributed by atoms with van der Waals surface area (Å²) in [6.07, 6.45) is 8.68. The molecule has 6 heteroatoms. The van der Waals surface area contributed by atoms with Gasteiger partial charge in [0.05, 0.1) is 0 Å². The van der Waals surface area contributed by atoms with E-state index >= 15 is 0 Å². The number of carbonyl (C=O) groups excluding carboxylic acids is 1. The van der Waals surface area contributed by atoms with Crippen LogP contribution >= 0.6 is 0 Å². The summed E-state index contributed by atoms with van der Waals surface area (Å²) in [6.45, 7) is 4.73. The first-order chi connectivity index (χ1) is 11.6. The van der Waals surface area contributed by atoms with Gasteiger partial charge in [0.25, 0.3) is 11.7 Å². The molecule has 2 aromatic heterocycles. The zero-order valence-corrected chi connectivity index (χ0v) is 14.5. The third kappa shape index (κ3) is 2.68. The van der Waals surface area contributed by atoms with Crippen LogP contribution in [0.2, 0.25) is 0 Å². The molecule has 0 bridgehead atoms. The largest absolute Gasteiger partial charge is 0.333 e. The first-order valence-corrected chi connectivity index (χ1v) is 9.15.